The molecule has 15 heavy (non-hydrogen) atoms. The number of fused-ring (bicyclic) bond motifs is 1. The van der Waals surface area contributed by atoms with Gasteiger partial charge in [-0.25, -0.2) is 0 Å². The summed E-state index contributed by atoms with van der Waals surface area (Å²) in [4.78, 5) is 0. The lowest BCUT2D eigenvalue weighted by Gasteiger charge is -2.13. The van der Waals surface area contributed by atoms with Crippen LogP contribution in [0.15, 0.2) is 29.6 Å². The number of hydrogen-bond donors (Lipinski definition) is 1. The fraction of sp³-hybridized carbons (Fsp3) is 0.385. The molecule has 1 nitrogen and oxygen atoms in total. The zero-order valence-electron chi connectivity index (χ0n) is 9.23. The van der Waals surface area contributed by atoms with Crippen LogP contribution in [0.1, 0.15) is 31.9 Å². The maximum Gasteiger partial charge on any atom is 0.0346 e. The van der Waals surface area contributed by atoms with E-state index in [1.807, 2.05) is 0 Å². The Balaban J connectivity index is 2.35. The number of benzene rings is 1. The Labute approximate surface area is 94.9 Å². The van der Waals surface area contributed by atoms with Gasteiger partial charge < -0.3 is 5.73 Å². The first-order chi connectivity index (χ1) is 7.18. The van der Waals surface area contributed by atoms with Crippen molar-refractivity contribution in [1.82, 2.24) is 0 Å². The van der Waals surface area contributed by atoms with Crippen LogP contribution in [-0.2, 0) is 0 Å². The van der Waals surface area contributed by atoms with Crippen molar-refractivity contribution in [2.45, 2.75) is 26.3 Å². The molecule has 0 saturated carbocycles. The van der Waals surface area contributed by atoms with E-state index in [-0.39, 0.29) is 6.04 Å². The van der Waals surface area contributed by atoms with Crippen molar-refractivity contribution in [2.75, 3.05) is 0 Å². The highest BCUT2D eigenvalue weighted by molar-refractivity contribution is 7.17. The Bertz CT molecular complexity index is 444. The van der Waals surface area contributed by atoms with Crippen molar-refractivity contribution in [3.05, 3.63) is 35.2 Å². The topological polar surface area (TPSA) is 26.0 Å². The third-order valence-electron chi connectivity index (χ3n) is 2.64. The van der Waals surface area contributed by atoms with Crippen LogP contribution >= 0.6 is 11.3 Å². The van der Waals surface area contributed by atoms with Gasteiger partial charge in [0.15, 0.2) is 0 Å². The number of thiophene rings is 1. The highest BCUT2D eigenvalue weighted by Crippen LogP contribution is 2.31. The van der Waals surface area contributed by atoms with Crippen LogP contribution in [0.3, 0.4) is 0 Å². The Kier molecular flexibility index (Phi) is 3.08. The van der Waals surface area contributed by atoms with Gasteiger partial charge in [-0.15, -0.1) is 11.3 Å². The predicted octanol–water partition coefficient (Wildman–Crippen LogP) is 3.95. The van der Waals surface area contributed by atoms with Gasteiger partial charge in [0.25, 0.3) is 0 Å². The summed E-state index contributed by atoms with van der Waals surface area (Å²) in [5.74, 6) is 0.652. The van der Waals surface area contributed by atoms with E-state index < -0.39 is 0 Å². The lowest BCUT2D eigenvalue weighted by molar-refractivity contribution is 0.512. The van der Waals surface area contributed by atoms with E-state index >= 15 is 0 Å². The van der Waals surface area contributed by atoms with Gasteiger partial charge in [0.05, 0.1) is 0 Å². The maximum absolute atomic E-state index is 6.21. The quantitative estimate of drug-likeness (QED) is 0.831. The zero-order valence-corrected chi connectivity index (χ0v) is 10.1. The third-order valence-corrected chi connectivity index (χ3v) is 3.62. The van der Waals surface area contributed by atoms with Gasteiger partial charge in [-0.05, 0) is 34.7 Å². The molecule has 1 aromatic heterocycles. The highest BCUT2D eigenvalue weighted by Gasteiger charge is 2.12. The molecule has 2 aromatic rings. The van der Waals surface area contributed by atoms with Crippen LogP contribution in [-0.4, -0.2) is 0 Å². The second kappa shape index (κ2) is 4.33. The first-order valence-electron chi connectivity index (χ1n) is 5.40. The van der Waals surface area contributed by atoms with Crippen LogP contribution in [0, 0.1) is 5.92 Å². The molecule has 2 rings (SSSR count). The predicted molar refractivity (Wildman–Crippen MR) is 68.2 cm³/mol. The maximum atomic E-state index is 6.21. The molecule has 0 amide bonds. The first-order valence-corrected chi connectivity index (χ1v) is 6.28. The summed E-state index contributed by atoms with van der Waals surface area (Å²) in [5.41, 5.74) is 7.52. The Morgan fingerprint density at radius 2 is 2.00 bits per heavy atom. The Morgan fingerprint density at radius 1 is 1.27 bits per heavy atom. The lowest BCUT2D eigenvalue weighted by atomic mass is 9.97. The highest BCUT2D eigenvalue weighted by atomic mass is 32.1. The van der Waals surface area contributed by atoms with Crippen molar-refractivity contribution in [3.63, 3.8) is 0 Å². The fourth-order valence-corrected chi connectivity index (χ4v) is 2.95. The average Bonchev–Trinajstić information content (AvgIpc) is 2.59. The van der Waals surface area contributed by atoms with E-state index in [0.29, 0.717) is 5.92 Å². The molecule has 2 heteroatoms. The van der Waals surface area contributed by atoms with Crippen LogP contribution < -0.4 is 5.73 Å². The molecule has 0 spiro atoms. The normalized spacial score (nSPS) is 13.6. The second-order valence-electron chi connectivity index (χ2n) is 4.42. The van der Waals surface area contributed by atoms with Crippen molar-refractivity contribution >= 4 is 21.4 Å². The van der Waals surface area contributed by atoms with Gasteiger partial charge >= 0.3 is 0 Å². The van der Waals surface area contributed by atoms with Gasteiger partial charge in [-0.2, -0.15) is 0 Å². The molecule has 0 unspecified atom stereocenters. The molecule has 0 aliphatic rings. The summed E-state index contributed by atoms with van der Waals surface area (Å²) in [6, 6.07) is 8.67. The van der Waals surface area contributed by atoms with Crippen LogP contribution in [0.5, 0.6) is 0 Å². The molecule has 0 bridgehead atoms. The number of rotatable bonds is 3. The summed E-state index contributed by atoms with van der Waals surface area (Å²) >= 11 is 1.79. The molecule has 1 heterocycles. The van der Waals surface area contributed by atoms with Crippen molar-refractivity contribution in [2.24, 2.45) is 11.7 Å². The van der Waals surface area contributed by atoms with Crippen molar-refractivity contribution in [1.29, 1.82) is 0 Å². The standard InChI is InChI=1S/C13H17NS/c1-9(2)7-12(14)11-8-15-13-6-4-3-5-10(11)13/h3-6,8-9,12H,7,14H2,1-2H3/t12-/m1/s1. The summed E-state index contributed by atoms with van der Waals surface area (Å²) < 4.78 is 1.34. The molecule has 0 aliphatic carbocycles. The van der Waals surface area contributed by atoms with E-state index in [0.717, 1.165) is 6.42 Å². The molecule has 80 valence electrons. The number of nitrogens with two attached hydrogens (primary N) is 1. The monoisotopic (exact) mass is 219 g/mol. The van der Waals surface area contributed by atoms with E-state index in [4.69, 9.17) is 5.73 Å². The van der Waals surface area contributed by atoms with E-state index in [9.17, 15) is 0 Å². The molecular weight excluding hydrogens is 202 g/mol. The summed E-state index contributed by atoms with van der Waals surface area (Å²) in [6.07, 6.45) is 1.06. The van der Waals surface area contributed by atoms with Crippen LogP contribution in [0.4, 0.5) is 0 Å². The van der Waals surface area contributed by atoms with Gasteiger partial charge in [-0.3, -0.25) is 0 Å². The smallest absolute Gasteiger partial charge is 0.0346 e. The van der Waals surface area contributed by atoms with Crippen LogP contribution in [0.2, 0.25) is 0 Å². The minimum absolute atomic E-state index is 0.182. The Morgan fingerprint density at radius 3 is 2.73 bits per heavy atom. The molecule has 1 aromatic carbocycles. The molecule has 0 radical (unpaired) electrons. The lowest BCUT2D eigenvalue weighted by Crippen LogP contribution is -2.12. The van der Waals surface area contributed by atoms with Gasteiger partial charge in [0.2, 0.25) is 0 Å². The Hall–Kier alpha value is -0.860. The molecule has 0 saturated heterocycles. The minimum atomic E-state index is 0.182. The SMILES string of the molecule is CC(C)C[C@@H](N)c1csc2ccccc12. The van der Waals surface area contributed by atoms with E-state index in [1.165, 1.54) is 15.6 Å². The summed E-state index contributed by atoms with van der Waals surface area (Å²) in [7, 11) is 0. The van der Waals surface area contributed by atoms with Crippen molar-refractivity contribution in [3.8, 4) is 0 Å². The molecule has 2 N–H and O–H groups in total. The third kappa shape index (κ3) is 2.21. The second-order valence-corrected chi connectivity index (χ2v) is 5.33. The van der Waals surface area contributed by atoms with Crippen LogP contribution in [0.25, 0.3) is 10.1 Å². The first kappa shape index (κ1) is 10.7. The summed E-state index contributed by atoms with van der Waals surface area (Å²) in [5, 5.41) is 3.54. The molecule has 0 fully saturated rings. The van der Waals surface area contributed by atoms with E-state index in [1.54, 1.807) is 11.3 Å². The zero-order chi connectivity index (χ0) is 10.8. The molecular formula is C13H17NS. The minimum Gasteiger partial charge on any atom is -0.324 e. The molecule has 1 atom stereocenters. The average molecular weight is 219 g/mol. The van der Waals surface area contributed by atoms with Crippen molar-refractivity contribution < 1.29 is 0 Å². The largest absolute Gasteiger partial charge is 0.324 e. The molecule has 0 aliphatic heterocycles. The van der Waals surface area contributed by atoms with Gasteiger partial charge in [-0.1, -0.05) is 32.0 Å². The number of hydrogen-bond acceptors (Lipinski definition) is 2. The van der Waals surface area contributed by atoms with Gasteiger partial charge in [0, 0.05) is 10.7 Å². The summed E-state index contributed by atoms with van der Waals surface area (Å²) in [6.45, 7) is 4.43. The van der Waals surface area contributed by atoms with E-state index in [2.05, 4.69) is 43.5 Å². The fourth-order valence-electron chi connectivity index (χ4n) is 1.92. The van der Waals surface area contributed by atoms with Gasteiger partial charge in [0.1, 0.15) is 0 Å².